The Balaban J connectivity index is 3.07. The molecule has 0 heterocycles. The van der Waals surface area contributed by atoms with Gasteiger partial charge < -0.3 is 0 Å². The molecular formula is C9H6Br2O2. The van der Waals surface area contributed by atoms with Gasteiger partial charge in [0.05, 0.1) is 8.96 Å². The van der Waals surface area contributed by atoms with Crippen LogP contribution < -0.4 is 0 Å². The lowest BCUT2D eigenvalue weighted by molar-refractivity contribution is -0.114. The fourth-order valence-electron chi connectivity index (χ4n) is 0.943. The first-order chi connectivity index (χ1) is 6.07. The average Bonchev–Trinajstić information content (AvgIpc) is 2.11. The maximum atomic E-state index is 11.5. The summed E-state index contributed by atoms with van der Waals surface area (Å²) in [4.78, 5) is 22.7. The van der Waals surface area contributed by atoms with Crippen molar-refractivity contribution in [2.24, 2.45) is 0 Å². The SMILES string of the molecule is C=CCC1=CC(=O)C(Br)=C(Br)C1=O. The molecule has 0 N–H and O–H groups in total. The van der Waals surface area contributed by atoms with Gasteiger partial charge in [-0.05, 0) is 44.4 Å². The van der Waals surface area contributed by atoms with E-state index in [0.717, 1.165) is 0 Å². The lowest BCUT2D eigenvalue weighted by atomic mass is 10.0. The Hall–Kier alpha value is -0.480. The highest BCUT2D eigenvalue weighted by Crippen LogP contribution is 2.28. The molecule has 68 valence electrons. The molecule has 1 aliphatic carbocycles. The number of ketones is 2. The van der Waals surface area contributed by atoms with Gasteiger partial charge in [0.2, 0.25) is 0 Å². The van der Waals surface area contributed by atoms with Gasteiger partial charge in [0, 0.05) is 5.57 Å². The zero-order chi connectivity index (χ0) is 10.0. The first-order valence-corrected chi connectivity index (χ1v) is 5.12. The topological polar surface area (TPSA) is 34.1 Å². The molecule has 0 aromatic rings. The van der Waals surface area contributed by atoms with E-state index in [4.69, 9.17) is 0 Å². The normalized spacial score (nSPS) is 17.5. The standard InChI is InChI=1S/C9H6Br2O2/c1-2-3-5-4-6(12)7(10)8(11)9(5)13/h2,4H,1,3H2. The number of Topliss-reactive ketones (excluding diaryl/α,β-unsaturated/α-hetero) is 1. The summed E-state index contributed by atoms with van der Waals surface area (Å²) in [6.07, 6.45) is 3.34. The molecule has 2 nitrogen and oxygen atoms in total. The van der Waals surface area contributed by atoms with Crippen LogP contribution in [0.3, 0.4) is 0 Å². The van der Waals surface area contributed by atoms with Crippen LogP contribution in [0.1, 0.15) is 6.42 Å². The highest BCUT2D eigenvalue weighted by atomic mass is 79.9. The molecule has 0 aromatic heterocycles. The van der Waals surface area contributed by atoms with Crippen molar-refractivity contribution in [3.8, 4) is 0 Å². The summed E-state index contributed by atoms with van der Waals surface area (Å²) in [7, 11) is 0. The number of allylic oxidation sites excluding steroid dienone is 5. The van der Waals surface area contributed by atoms with Crippen LogP contribution in [0.4, 0.5) is 0 Å². The largest absolute Gasteiger partial charge is 0.289 e. The first kappa shape index (κ1) is 10.6. The molecule has 4 heteroatoms. The van der Waals surface area contributed by atoms with E-state index >= 15 is 0 Å². The molecule has 1 rings (SSSR count). The lowest BCUT2D eigenvalue weighted by Gasteiger charge is -2.09. The van der Waals surface area contributed by atoms with Crippen LogP contribution in [-0.4, -0.2) is 11.6 Å². The fourth-order valence-corrected chi connectivity index (χ4v) is 1.69. The second-order valence-electron chi connectivity index (χ2n) is 2.48. The van der Waals surface area contributed by atoms with Crippen LogP contribution in [0.5, 0.6) is 0 Å². The summed E-state index contributed by atoms with van der Waals surface area (Å²) in [5.74, 6) is -0.352. The Morgan fingerprint density at radius 1 is 1.31 bits per heavy atom. The highest BCUT2D eigenvalue weighted by molar-refractivity contribution is 9.14. The monoisotopic (exact) mass is 304 g/mol. The predicted molar refractivity (Wildman–Crippen MR) is 57.8 cm³/mol. The van der Waals surface area contributed by atoms with Crippen LogP contribution >= 0.6 is 31.9 Å². The Kier molecular flexibility index (Phi) is 3.39. The van der Waals surface area contributed by atoms with Gasteiger partial charge in [-0.2, -0.15) is 0 Å². The van der Waals surface area contributed by atoms with E-state index in [9.17, 15) is 9.59 Å². The van der Waals surface area contributed by atoms with Gasteiger partial charge in [-0.25, -0.2) is 0 Å². The van der Waals surface area contributed by atoms with E-state index in [-0.39, 0.29) is 20.5 Å². The smallest absolute Gasteiger partial charge is 0.197 e. The van der Waals surface area contributed by atoms with E-state index in [1.165, 1.54) is 6.08 Å². The van der Waals surface area contributed by atoms with Crippen molar-refractivity contribution >= 4 is 43.4 Å². The molecule has 0 aromatic carbocycles. The van der Waals surface area contributed by atoms with Gasteiger partial charge in [0.15, 0.2) is 11.6 Å². The van der Waals surface area contributed by atoms with Crippen LogP contribution in [0.25, 0.3) is 0 Å². The minimum absolute atomic E-state index is 0.161. The Morgan fingerprint density at radius 3 is 2.46 bits per heavy atom. The Bertz CT molecular complexity index is 351. The quantitative estimate of drug-likeness (QED) is 0.580. The molecule has 1 aliphatic rings. The van der Waals surface area contributed by atoms with Crippen molar-refractivity contribution in [1.82, 2.24) is 0 Å². The molecule has 0 spiro atoms. The van der Waals surface area contributed by atoms with Gasteiger partial charge in [-0.3, -0.25) is 9.59 Å². The van der Waals surface area contributed by atoms with Crippen LogP contribution in [-0.2, 0) is 9.59 Å². The van der Waals surface area contributed by atoms with Gasteiger partial charge >= 0.3 is 0 Å². The third-order valence-electron chi connectivity index (χ3n) is 1.57. The lowest BCUT2D eigenvalue weighted by Crippen LogP contribution is -2.13. The summed E-state index contributed by atoms with van der Waals surface area (Å²) in [6, 6.07) is 0. The van der Waals surface area contributed by atoms with Crippen LogP contribution in [0.15, 0.2) is 33.3 Å². The van der Waals surface area contributed by atoms with E-state index < -0.39 is 0 Å². The van der Waals surface area contributed by atoms with Crippen molar-refractivity contribution < 1.29 is 9.59 Å². The molecular weight excluding hydrogens is 300 g/mol. The van der Waals surface area contributed by atoms with Crippen LogP contribution in [0, 0.1) is 0 Å². The third-order valence-corrected chi connectivity index (χ3v) is 3.65. The van der Waals surface area contributed by atoms with Crippen LogP contribution in [0.2, 0.25) is 0 Å². The minimum atomic E-state index is -0.191. The highest BCUT2D eigenvalue weighted by Gasteiger charge is 2.24. The third kappa shape index (κ3) is 2.06. The average molecular weight is 306 g/mol. The number of rotatable bonds is 2. The summed E-state index contributed by atoms with van der Waals surface area (Å²) in [5, 5.41) is 0. The number of halogens is 2. The summed E-state index contributed by atoms with van der Waals surface area (Å²) in [6.45, 7) is 3.51. The molecule has 0 radical (unpaired) electrons. The zero-order valence-corrected chi connectivity index (χ0v) is 9.81. The van der Waals surface area contributed by atoms with Crippen molar-refractivity contribution in [1.29, 1.82) is 0 Å². The van der Waals surface area contributed by atoms with Crippen molar-refractivity contribution in [3.05, 3.63) is 33.3 Å². The molecule has 0 atom stereocenters. The second-order valence-corrected chi connectivity index (χ2v) is 4.07. The molecule has 0 aliphatic heterocycles. The van der Waals surface area contributed by atoms with Crippen molar-refractivity contribution in [2.75, 3.05) is 0 Å². The minimum Gasteiger partial charge on any atom is -0.289 e. The molecule has 0 bridgehead atoms. The molecule has 13 heavy (non-hydrogen) atoms. The Morgan fingerprint density at radius 2 is 1.92 bits per heavy atom. The second kappa shape index (κ2) is 4.15. The molecule has 0 fully saturated rings. The maximum absolute atomic E-state index is 11.5. The van der Waals surface area contributed by atoms with Gasteiger partial charge in [0.1, 0.15) is 0 Å². The van der Waals surface area contributed by atoms with Crippen molar-refractivity contribution in [2.45, 2.75) is 6.42 Å². The Labute approximate surface area is 92.6 Å². The molecule has 0 unspecified atom stereocenters. The van der Waals surface area contributed by atoms with Gasteiger partial charge in [0.25, 0.3) is 0 Å². The molecule has 0 saturated carbocycles. The molecule has 0 saturated heterocycles. The van der Waals surface area contributed by atoms with Gasteiger partial charge in [-0.15, -0.1) is 6.58 Å². The predicted octanol–water partition coefficient (Wildman–Crippen LogP) is 2.64. The molecule has 0 amide bonds. The number of hydrogen-bond donors (Lipinski definition) is 0. The summed E-state index contributed by atoms with van der Waals surface area (Å²) < 4.78 is 0.571. The van der Waals surface area contributed by atoms with E-state index in [1.807, 2.05) is 0 Å². The maximum Gasteiger partial charge on any atom is 0.197 e. The zero-order valence-electron chi connectivity index (χ0n) is 6.64. The summed E-state index contributed by atoms with van der Waals surface area (Å²) >= 11 is 6.09. The summed E-state index contributed by atoms with van der Waals surface area (Å²) in [5.41, 5.74) is 0.468. The number of carbonyl (C=O) groups is 2. The van der Waals surface area contributed by atoms with E-state index in [0.29, 0.717) is 12.0 Å². The first-order valence-electron chi connectivity index (χ1n) is 3.53. The van der Waals surface area contributed by atoms with Crippen molar-refractivity contribution in [3.63, 3.8) is 0 Å². The number of carbonyl (C=O) groups excluding carboxylic acids is 2. The number of hydrogen-bond acceptors (Lipinski definition) is 2. The van der Waals surface area contributed by atoms with Gasteiger partial charge in [-0.1, -0.05) is 6.08 Å². The van der Waals surface area contributed by atoms with E-state index in [1.54, 1.807) is 6.08 Å². The van der Waals surface area contributed by atoms with E-state index in [2.05, 4.69) is 38.4 Å². The fraction of sp³-hybridized carbons (Fsp3) is 0.111.